The molecule has 2 aromatic rings. The molecule has 0 saturated heterocycles. The molecule has 2 N–H and O–H groups in total. The van der Waals surface area contributed by atoms with Crippen LogP contribution < -0.4 is 5.73 Å². The number of aryl methyl sites for hydroxylation is 3. The van der Waals surface area contributed by atoms with E-state index in [9.17, 15) is 0 Å². The molecule has 3 rings (SSSR count). The Morgan fingerprint density at radius 1 is 1.10 bits per heavy atom. The largest absolute Gasteiger partial charge is 0.326 e. The fourth-order valence-electron chi connectivity index (χ4n) is 3.16. The van der Waals surface area contributed by atoms with E-state index in [2.05, 4.69) is 24.3 Å². The zero-order valence-corrected chi connectivity index (χ0v) is 12.2. The van der Waals surface area contributed by atoms with Crippen LogP contribution in [-0.4, -0.2) is 9.97 Å². The summed E-state index contributed by atoms with van der Waals surface area (Å²) >= 11 is 0. The van der Waals surface area contributed by atoms with Crippen LogP contribution in [0, 0.1) is 13.8 Å². The van der Waals surface area contributed by atoms with E-state index in [-0.39, 0.29) is 0 Å². The molecule has 0 aliphatic heterocycles. The second kappa shape index (κ2) is 5.33. The first-order valence-electron chi connectivity index (χ1n) is 7.30. The number of hydrogen-bond acceptors (Lipinski definition) is 3. The summed E-state index contributed by atoms with van der Waals surface area (Å²) in [7, 11) is 0. The van der Waals surface area contributed by atoms with E-state index in [4.69, 9.17) is 15.7 Å². The smallest absolute Gasteiger partial charge is 0.132 e. The number of benzene rings is 1. The minimum Gasteiger partial charge on any atom is -0.326 e. The van der Waals surface area contributed by atoms with Crippen LogP contribution in [0.4, 0.5) is 0 Å². The average molecular weight is 267 g/mol. The van der Waals surface area contributed by atoms with Crippen LogP contribution in [0.3, 0.4) is 0 Å². The lowest BCUT2D eigenvalue weighted by molar-refractivity contribution is 0.550. The van der Waals surface area contributed by atoms with Crippen LogP contribution in [0.25, 0.3) is 0 Å². The van der Waals surface area contributed by atoms with Crippen LogP contribution in [0.5, 0.6) is 0 Å². The number of nitrogens with zero attached hydrogens (tertiary/aromatic N) is 2. The Kier molecular flexibility index (Phi) is 3.53. The van der Waals surface area contributed by atoms with E-state index in [1.807, 2.05) is 13.8 Å². The van der Waals surface area contributed by atoms with E-state index in [1.165, 1.54) is 11.1 Å². The van der Waals surface area contributed by atoms with Gasteiger partial charge < -0.3 is 5.73 Å². The third-order valence-electron chi connectivity index (χ3n) is 4.35. The summed E-state index contributed by atoms with van der Waals surface area (Å²) in [4.78, 5) is 9.42. The molecular formula is C17H21N3. The quantitative estimate of drug-likeness (QED) is 0.910. The Morgan fingerprint density at radius 2 is 1.75 bits per heavy atom. The van der Waals surface area contributed by atoms with Gasteiger partial charge in [-0.1, -0.05) is 24.3 Å². The maximum Gasteiger partial charge on any atom is 0.132 e. The van der Waals surface area contributed by atoms with E-state index < -0.39 is 0 Å². The Morgan fingerprint density at radius 3 is 2.40 bits per heavy atom. The molecule has 1 aliphatic carbocycles. The molecule has 1 atom stereocenters. The highest BCUT2D eigenvalue weighted by atomic mass is 14.9. The molecule has 0 spiro atoms. The summed E-state index contributed by atoms with van der Waals surface area (Å²) in [5.41, 5.74) is 11.9. The lowest BCUT2D eigenvalue weighted by Crippen LogP contribution is -2.17. The molecule has 1 aromatic heterocycles. The molecule has 1 heterocycles. The first-order chi connectivity index (χ1) is 9.69. The van der Waals surface area contributed by atoms with Crippen molar-refractivity contribution in [2.75, 3.05) is 0 Å². The summed E-state index contributed by atoms with van der Waals surface area (Å²) in [5.74, 6) is 1.43. The fraction of sp³-hybridized carbons (Fsp3) is 0.412. The summed E-state index contributed by atoms with van der Waals surface area (Å²) in [6.45, 7) is 4.60. The summed E-state index contributed by atoms with van der Waals surface area (Å²) in [6, 6.07) is 8.71. The molecule has 1 aromatic carbocycles. The molecule has 3 nitrogen and oxygen atoms in total. The lowest BCUT2D eigenvalue weighted by Gasteiger charge is -2.24. The van der Waals surface area contributed by atoms with Crippen LogP contribution in [0.2, 0.25) is 0 Å². The molecular weight excluding hydrogens is 246 g/mol. The monoisotopic (exact) mass is 267 g/mol. The van der Waals surface area contributed by atoms with Gasteiger partial charge in [0.1, 0.15) is 5.82 Å². The van der Waals surface area contributed by atoms with Crippen molar-refractivity contribution in [1.29, 1.82) is 0 Å². The van der Waals surface area contributed by atoms with Gasteiger partial charge in [-0.25, -0.2) is 9.97 Å². The maximum absolute atomic E-state index is 5.76. The van der Waals surface area contributed by atoms with E-state index in [0.29, 0.717) is 12.5 Å². The van der Waals surface area contributed by atoms with Gasteiger partial charge in [-0.2, -0.15) is 0 Å². The van der Waals surface area contributed by atoms with E-state index in [1.54, 1.807) is 0 Å². The molecule has 0 fully saturated rings. The highest BCUT2D eigenvalue weighted by Gasteiger charge is 2.23. The lowest BCUT2D eigenvalue weighted by atomic mass is 9.83. The minimum atomic E-state index is 0.439. The van der Waals surface area contributed by atoms with Crippen molar-refractivity contribution in [3.8, 4) is 0 Å². The van der Waals surface area contributed by atoms with Gasteiger partial charge in [0, 0.05) is 29.4 Å². The van der Waals surface area contributed by atoms with Crippen molar-refractivity contribution in [1.82, 2.24) is 9.97 Å². The third-order valence-corrected chi connectivity index (χ3v) is 4.35. The zero-order chi connectivity index (χ0) is 14.1. The Bertz CT molecular complexity index is 611. The molecule has 3 heteroatoms. The third kappa shape index (κ3) is 2.34. The van der Waals surface area contributed by atoms with Crippen molar-refractivity contribution in [2.45, 2.75) is 45.6 Å². The first kappa shape index (κ1) is 13.3. The van der Waals surface area contributed by atoms with E-state index in [0.717, 1.165) is 42.0 Å². The molecule has 20 heavy (non-hydrogen) atoms. The van der Waals surface area contributed by atoms with Crippen molar-refractivity contribution >= 4 is 0 Å². The topological polar surface area (TPSA) is 51.8 Å². The number of hydrogen-bond donors (Lipinski definition) is 1. The first-order valence-corrected chi connectivity index (χ1v) is 7.30. The molecule has 0 bridgehead atoms. The summed E-state index contributed by atoms with van der Waals surface area (Å²) in [6.07, 6.45) is 3.32. The molecule has 1 unspecified atom stereocenters. The normalized spacial score (nSPS) is 17.9. The van der Waals surface area contributed by atoms with Gasteiger partial charge in [0.15, 0.2) is 0 Å². The van der Waals surface area contributed by atoms with Crippen molar-refractivity contribution in [3.63, 3.8) is 0 Å². The van der Waals surface area contributed by atoms with Crippen LogP contribution in [0.1, 0.15) is 46.2 Å². The summed E-state index contributed by atoms with van der Waals surface area (Å²) in [5, 5.41) is 0. The fourth-order valence-corrected chi connectivity index (χ4v) is 3.16. The van der Waals surface area contributed by atoms with Gasteiger partial charge in [-0.05, 0) is 44.2 Å². The molecule has 1 aliphatic rings. The van der Waals surface area contributed by atoms with Gasteiger partial charge in [-0.15, -0.1) is 0 Å². The second-order valence-corrected chi connectivity index (χ2v) is 5.64. The molecule has 0 saturated carbocycles. The molecule has 0 radical (unpaired) electrons. The highest BCUT2D eigenvalue weighted by molar-refractivity contribution is 5.32. The Labute approximate surface area is 120 Å². The van der Waals surface area contributed by atoms with Crippen molar-refractivity contribution in [3.05, 3.63) is 58.2 Å². The predicted molar refractivity (Wildman–Crippen MR) is 80.6 cm³/mol. The zero-order valence-electron chi connectivity index (χ0n) is 12.2. The number of nitrogens with two attached hydrogens (primary N) is 1. The van der Waals surface area contributed by atoms with E-state index >= 15 is 0 Å². The van der Waals surface area contributed by atoms with Gasteiger partial charge in [-0.3, -0.25) is 0 Å². The minimum absolute atomic E-state index is 0.439. The van der Waals surface area contributed by atoms with Gasteiger partial charge in [0.2, 0.25) is 0 Å². The standard InChI is InChI=1S/C17H21N3/c1-11-16(10-18)12(2)20-17(19-11)15-8-7-13-5-3-4-6-14(13)9-15/h3-6,15H,7-10,18H2,1-2H3. The second-order valence-electron chi connectivity index (χ2n) is 5.64. The Balaban J connectivity index is 1.92. The Hall–Kier alpha value is -1.74. The molecule has 104 valence electrons. The maximum atomic E-state index is 5.76. The summed E-state index contributed by atoms with van der Waals surface area (Å²) < 4.78 is 0. The highest BCUT2D eigenvalue weighted by Crippen LogP contribution is 2.31. The van der Waals surface area contributed by atoms with Crippen LogP contribution >= 0.6 is 0 Å². The van der Waals surface area contributed by atoms with Gasteiger partial charge >= 0.3 is 0 Å². The van der Waals surface area contributed by atoms with Crippen molar-refractivity contribution in [2.24, 2.45) is 5.73 Å². The van der Waals surface area contributed by atoms with Crippen LogP contribution in [-0.2, 0) is 19.4 Å². The average Bonchev–Trinajstić information content (AvgIpc) is 2.46. The number of fused-ring (bicyclic) bond motifs is 1. The molecule has 0 amide bonds. The van der Waals surface area contributed by atoms with Crippen LogP contribution in [0.15, 0.2) is 24.3 Å². The number of aromatic nitrogens is 2. The van der Waals surface area contributed by atoms with Crippen molar-refractivity contribution < 1.29 is 0 Å². The number of rotatable bonds is 2. The van der Waals surface area contributed by atoms with Gasteiger partial charge in [0.05, 0.1) is 0 Å². The van der Waals surface area contributed by atoms with Gasteiger partial charge in [0.25, 0.3) is 0 Å². The predicted octanol–water partition coefficient (Wildman–Crippen LogP) is 2.82. The SMILES string of the molecule is Cc1nc(C2CCc3ccccc3C2)nc(C)c1CN.